The Labute approximate surface area is 138 Å². The third-order valence-corrected chi connectivity index (χ3v) is 4.87. The number of hydrogen-bond donors (Lipinski definition) is 3. The molecule has 0 atom stereocenters. The van der Waals surface area contributed by atoms with Crippen LogP contribution < -0.4 is 16.4 Å². The molecule has 0 bridgehead atoms. The number of carbonyl (C=O) groups excluding carboxylic acids is 2. The Morgan fingerprint density at radius 1 is 1.04 bits per heavy atom. The van der Waals surface area contributed by atoms with Crippen LogP contribution >= 0.6 is 0 Å². The first-order chi connectivity index (χ1) is 11.1. The summed E-state index contributed by atoms with van der Waals surface area (Å²) in [6.07, 6.45) is 6.04. The van der Waals surface area contributed by atoms with Crippen LogP contribution in [0.15, 0.2) is 0 Å². The number of nitrogens with one attached hydrogen (secondary N) is 2. The second kappa shape index (κ2) is 9.20. The zero-order valence-corrected chi connectivity index (χ0v) is 13.9. The van der Waals surface area contributed by atoms with Gasteiger partial charge < -0.3 is 21.1 Å². The number of hydrogen-bond acceptors (Lipinski definition) is 5. The van der Waals surface area contributed by atoms with Crippen LogP contribution in [-0.4, -0.2) is 69.2 Å². The van der Waals surface area contributed by atoms with Crippen molar-refractivity contribution in [2.24, 2.45) is 11.1 Å². The van der Waals surface area contributed by atoms with E-state index in [1.54, 1.807) is 0 Å². The smallest absolute Gasteiger partial charge is 0.239 e. The molecule has 2 amide bonds. The topological polar surface area (TPSA) is 96.7 Å². The molecule has 2 aliphatic rings. The van der Waals surface area contributed by atoms with E-state index in [1.165, 1.54) is 19.3 Å². The number of rotatable bonds is 7. The van der Waals surface area contributed by atoms with E-state index >= 15 is 0 Å². The number of amides is 2. The van der Waals surface area contributed by atoms with Crippen LogP contribution in [0.1, 0.15) is 32.1 Å². The van der Waals surface area contributed by atoms with Gasteiger partial charge in [0.25, 0.3) is 0 Å². The van der Waals surface area contributed by atoms with Crippen LogP contribution in [0.25, 0.3) is 0 Å². The van der Waals surface area contributed by atoms with Crippen molar-refractivity contribution < 1.29 is 14.3 Å². The van der Waals surface area contributed by atoms with Crippen molar-refractivity contribution in [1.29, 1.82) is 0 Å². The Hall–Kier alpha value is -1.18. The van der Waals surface area contributed by atoms with Gasteiger partial charge in [0.15, 0.2) is 0 Å². The van der Waals surface area contributed by atoms with Gasteiger partial charge in [-0.1, -0.05) is 19.3 Å². The number of morpholine rings is 1. The number of nitrogens with zero attached hydrogens (tertiary/aromatic N) is 1. The van der Waals surface area contributed by atoms with Gasteiger partial charge >= 0.3 is 0 Å². The molecule has 0 aromatic heterocycles. The molecule has 1 heterocycles. The van der Waals surface area contributed by atoms with Crippen LogP contribution in [0.2, 0.25) is 0 Å². The van der Waals surface area contributed by atoms with Gasteiger partial charge in [0.1, 0.15) is 0 Å². The lowest BCUT2D eigenvalue weighted by Gasteiger charge is -2.42. The fourth-order valence-corrected chi connectivity index (χ4v) is 3.53. The number of nitrogens with two attached hydrogens (primary N) is 1. The van der Waals surface area contributed by atoms with Crippen LogP contribution in [0, 0.1) is 5.41 Å². The first-order valence-electron chi connectivity index (χ1n) is 8.67. The lowest BCUT2D eigenvalue weighted by molar-refractivity contribution is -0.125. The van der Waals surface area contributed by atoms with Crippen molar-refractivity contribution in [3.63, 3.8) is 0 Å². The van der Waals surface area contributed by atoms with Crippen molar-refractivity contribution in [2.45, 2.75) is 32.1 Å². The Kier molecular flexibility index (Phi) is 7.26. The molecule has 7 nitrogen and oxygen atoms in total. The molecular weight excluding hydrogens is 296 g/mol. The number of ether oxygens (including phenoxy) is 1. The quantitative estimate of drug-likeness (QED) is 0.584. The van der Waals surface area contributed by atoms with E-state index in [0.717, 1.165) is 45.7 Å². The molecular formula is C16H30N4O3. The normalized spacial score (nSPS) is 21.6. The van der Waals surface area contributed by atoms with Crippen LogP contribution in [0.4, 0.5) is 0 Å². The molecule has 0 aromatic carbocycles. The van der Waals surface area contributed by atoms with Gasteiger partial charge in [-0.3, -0.25) is 14.5 Å². The summed E-state index contributed by atoms with van der Waals surface area (Å²) in [5.74, 6) is -0.445. The minimum atomic E-state index is -0.305. The highest BCUT2D eigenvalue weighted by atomic mass is 16.5. The van der Waals surface area contributed by atoms with E-state index < -0.39 is 0 Å². The molecule has 0 unspecified atom stereocenters. The third kappa shape index (κ3) is 6.08. The van der Waals surface area contributed by atoms with E-state index in [9.17, 15) is 9.59 Å². The Balaban J connectivity index is 1.82. The standard InChI is InChI=1S/C16H30N4O3/c17-10-14(21)18-11-15(22)19-12-16(4-2-1-3-5-16)13-20-6-8-23-9-7-20/h1-13,17H2,(H,18,21)(H,19,22). The highest BCUT2D eigenvalue weighted by Gasteiger charge is 2.34. The molecule has 1 aliphatic carbocycles. The zero-order chi connectivity index (χ0) is 16.5. The largest absolute Gasteiger partial charge is 0.379 e. The van der Waals surface area contributed by atoms with Gasteiger partial charge in [0.2, 0.25) is 11.8 Å². The summed E-state index contributed by atoms with van der Waals surface area (Å²) in [6, 6.07) is 0. The molecule has 7 heteroatoms. The summed E-state index contributed by atoms with van der Waals surface area (Å²) < 4.78 is 5.42. The van der Waals surface area contributed by atoms with E-state index in [0.29, 0.717) is 6.54 Å². The third-order valence-electron chi connectivity index (χ3n) is 4.87. The first-order valence-corrected chi connectivity index (χ1v) is 8.67. The summed E-state index contributed by atoms with van der Waals surface area (Å²) in [5, 5.41) is 5.52. The summed E-state index contributed by atoms with van der Waals surface area (Å²) >= 11 is 0. The fraction of sp³-hybridized carbons (Fsp3) is 0.875. The molecule has 0 aromatic rings. The molecule has 0 spiro atoms. The van der Waals surface area contributed by atoms with Crippen molar-refractivity contribution in [2.75, 3.05) is 52.5 Å². The minimum absolute atomic E-state index is 0.00364. The highest BCUT2D eigenvalue weighted by Crippen LogP contribution is 2.36. The molecule has 1 saturated heterocycles. The average molecular weight is 326 g/mol. The predicted octanol–water partition coefficient (Wildman–Crippen LogP) is -0.540. The van der Waals surface area contributed by atoms with Gasteiger partial charge in [-0.15, -0.1) is 0 Å². The Morgan fingerprint density at radius 2 is 1.74 bits per heavy atom. The maximum atomic E-state index is 11.9. The monoisotopic (exact) mass is 326 g/mol. The molecule has 2 rings (SSSR count). The lowest BCUT2D eigenvalue weighted by atomic mass is 9.73. The lowest BCUT2D eigenvalue weighted by Crippen LogP contribution is -2.50. The van der Waals surface area contributed by atoms with Crippen molar-refractivity contribution in [1.82, 2.24) is 15.5 Å². The molecule has 2 fully saturated rings. The van der Waals surface area contributed by atoms with Gasteiger partial charge in [-0.05, 0) is 12.8 Å². The Bertz CT molecular complexity index is 391. The van der Waals surface area contributed by atoms with Crippen LogP contribution in [-0.2, 0) is 14.3 Å². The minimum Gasteiger partial charge on any atom is -0.379 e. The van der Waals surface area contributed by atoms with Gasteiger partial charge in [-0.2, -0.15) is 0 Å². The second-order valence-corrected chi connectivity index (χ2v) is 6.71. The molecule has 23 heavy (non-hydrogen) atoms. The maximum absolute atomic E-state index is 11.9. The predicted molar refractivity (Wildman–Crippen MR) is 87.9 cm³/mol. The molecule has 1 saturated carbocycles. The summed E-state index contributed by atoms with van der Waals surface area (Å²) in [5.41, 5.74) is 5.37. The van der Waals surface area contributed by atoms with Gasteiger partial charge in [0, 0.05) is 31.6 Å². The molecule has 132 valence electrons. The summed E-state index contributed by atoms with van der Waals surface area (Å²) in [4.78, 5) is 25.5. The van der Waals surface area contributed by atoms with Crippen LogP contribution in [0.3, 0.4) is 0 Å². The maximum Gasteiger partial charge on any atom is 0.239 e. The van der Waals surface area contributed by atoms with E-state index in [4.69, 9.17) is 10.5 Å². The first kappa shape index (κ1) is 18.2. The summed E-state index contributed by atoms with van der Waals surface area (Å²) in [6.45, 7) is 5.16. The van der Waals surface area contributed by atoms with Crippen molar-refractivity contribution in [3.05, 3.63) is 0 Å². The second-order valence-electron chi connectivity index (χ2n) is 6.71. The van der Waals surface area contributed by atoms with Crippen molar-refractivity contribution in [3.8, 4) is 0 Å². The highest BCUT2D eigenvalue weighted by molar-refractivity contribution is 5.85. The SMILES string of the molecule is NCC(=O)NCC(=O)NCC1(CN2CCOCC2)CCCCC1. The molecule has 1 aliphatic heterocycles. The average Bonchev–Trinajstić information content (AvgIpc) is 2.59. The Morgan fingerprint density at radius 3 is 2.39 bits per heavy atom. The zero-order valence-electron chi connectivity index (χ0n) is 13.9. The van der Waals surface area contributed by atoms with Gasteiger partial charge in [0.05, 0.1) is 26.3 Å². The number of carbonyl (C=O) groups is 2. The van der Waals surface area contributed by atoms with Crippen molar-refractivity contribution >= 4 is 11.8 Å². The summed E-state index contributed by atoms with van der Waals surface area (Å²) in [7, 11) is 0. The fourth-order valence-electron chi connectivity index (χ4n) is 3.53. The van der Waals surface area contributed by atoms with Gasteiger partial charge in [-0.25, -0.2) is 0 Å². The van der Waals surface area contributed by atoms with E-state index in [-0.39, 0.29) is 30.3 Å². The molecule has 4 N–H and O–H groups in total. The molecule has 0 radical (unpaired) electrons. The van der Waals surface area contributed by atoms with E-state index in [1.807, 2.05) is 0 Å². The van der Waals surface area contributed by atoms with E-state index in [2.05, 4.69) is 15.5 Å². The van der Waals surface area contributed by atoms with Crippen LogP contribution in [0.5, 0.6) is 0 Å².